The van der Waals surface area contributed by atoms with Gasteiger partial charge in [-0.3, -0.25) is 9.59 Å². The molecule has 114 valence electrons. The topological polar surface area (TPSA) is 69.6 Å². The molecule has 0 aliphatic carbocycles. The first-order valence-electron chi connectivity index (χ1n) is 6.54. The summed E-state index contributed by atoms with van der Waals surface area (Å²) in [6.45, 7) is 1.72. The molecule has 2 N–H and O–H groups in total. The molecule has 1 aromatic rings. The third kappa shape index (κ3) is 3.75. The van der Waals surface area contributed by atoms with Crippen molar-refractivity contribution in [1.29, 1.82) is 0 Å². The molecule has 1 heterocycles. The summed E-state index contributed by atoms with van der Waals surface area (Å²) in [6.07, 6.45) is -0.676. The number of carbonyl (C=O) groups excluding carboxylic acids is 2. The molecule has 1 atom stereocenters. The molecule has 0 saturated carbocycles. The van der Waals surface area contributed by atoms with Gasteiger partial charge in [0.1, 0.15) is 11.6 Å². The molecule has 0 radical (unpaired) electrons. The summed E-state index contributed by atoms with van der Waals surface area (Å²) in [7, 11) is 0. The molecule has 1 aromatic carbocycles. The van der Waals surface area contributed by atoms with Crippen LogP contribution in [0.2, 0.25) is 0 Å². The number of hydrogen-bond donors (Lipinski definition) is 2. The van der Waals surface area contributed by atoms with E-state index in [1.54, 1.807) is 0 Å². The highest BCUT2D eigenvalue weighted by Crippen LogP contribution is 2.23. The van der Waals surface area contributed by atoms with Gasteiger partial charge in [-0.1, -0.05) is 6.07 Å². The monoisotopic (exact) mass is 298 g/mol. The second-order valence-electron chi connectivity index (χ2n) is 5.08. The quantitative estimate of drug-likeness (QED) is 0.861. The minimum atomic E-state index is -0.867. The summed E-state index contributed by atoms with van der Waals surface area (Å²) in [5, 5.41) is 11.7. The van der Waals surface area contributed by atoms with Crippen molar-refractivity contribution in [1.82, 2.24) is 10.2 Å². The van der Waals surface area contributed by atoms with Gasteiger partial charge in [0.15, 0.2) is 0 Å². The van der Waals surface area contributed by atoms with E-state index >= 15 is 0 Å². The molecule has 1 aliphatic heterocycles. The highest BCUT2D eigenvalue weighted by atomic mass is 19.1. The standard InChI is InChI=1S/C14H16F2N2O3/c1-8(19)17-13(5-14(21)18-6-10(20)7-18)11-3-2-9(15)4-12(11)16/h2-4,10,13,20H,5-7H2,1H3,(H,17,19). The van der Waals surface area contributed by atoms with Crippen LogP contribution >= 0.6 is 0 Å². The molecule has 21 heavy (non-hydrogen) atoms. The number of carbonyl (C=O) groups is 2. The minimum Gasteiger partial charge on any atom is -0.389 e. The lowest BCUT2D eigenvalue weighted by atomic mass is 10.0. The zero-order valence-electron chi connectivity index (χ0n) is 11.5. The lowest BCUT2D eigenvalue weighted by Crippen LogP contribution is -2.54. The number of nitrogens with zero attached hydrogens (tertiary/aromatic N) is 1. The number of hydrogen-bond acceptors (Lipinski definition) is 3. The van der Waals surface area contributed by atoms with Crippen LogP contribution in [0, 0.1) is 11.6 Å². The molecular formula is C14H16F2N2O3. The maximum Gasteiger partial charge on any atom is 0.225 e. The van der Waals surface area contributed by atoms with E-state index in [4.69, 9.17) is 0 Å². The number of likely N-dealkylation sites (tertiary alicyclic amines) is 1. The van der Waals surface area contributed by atoms with Gasteiger partial charge in [0.05, 0.1) is 18.6 Å². The maximum absolute atomic E-state index is 13.8. The van der Waals surface area contributed by atoms with Gasteiger partial charge in [0.2, 0.25) is 11.8 Å². The van der Waals surface area contributed by atoms with E-state index in [1.165, 1.54) is 17.9 Å². The van der Waals surface area contributed by atoms with Crippen LogP contribution in [0.3, 0.4) is 0 Å². The molecule has 2 amide bonds. The second kappa shape index (κ2) is 6.17. The van der Waals surface area contributed by atoms with E-state index in [2.05, 4.69) is 5.32 Å². The third-order valence-electron chi connectivity index (χ3n) is 3.31. The number of benzene rings is 1. The van der Waals surface area contributed by atoms with Crippen molar-refractivity contribution >= 4 is 11.8 Å². The lowest BCUT2D eigenvalue weighted by molar-refractivity contribution is -0.142. The first-order chi connectivity index (χ1) is 9.86. The Bertz CT molecular complexity index is 559. The highest BCUT2D eigenvalue weighted by molar-refractivity contribution is 5.80. The van der Waals surface area contributed by atoms with Gasteiger partial charge in [-0.2, -0.15) is 0 Å². The molecule has 1 aliphatic rings. The largest absolute Gasteiger partial charge is 0.389 e. The van der Waals surface area contributed by atoms with Gasteiger partial charge in [-0.25, -0.2) is 8.78 Å². The van der Waals surface area contributed by atoms with Gasteiger partial charge in [-0.05, 0) is 6.07 Å². The highest BCUT2D eigenvalue weighted by Gasteiger charge is 2.31. The van der Waals surface area contributed by atoms with Crippen molar-refractivity contribution in [2.45, 2.75) is 25.5 Å². The second-order valence-corrected chi connectivity index (χ2v) is 5.08. The van der Waals surface area contributed by atoms with Crippen LogP contribution in [0.4, 0.5) is 8.78 Å². The molecule has 7 heteroatoms. The third-order valence-corrected chi connectivity index (χ3v) is 3.31. The Hall–Kier alpha value is -2.02. The molecular weight excluding hydrogens is 282 g/mol. The van der Waals surface area contributed by atoms with E-state index in [0.717, 1.165) is 6.07 Å². The predicted molar refractivity (Wildman–Crippen MR) is 70.1 cm³/mol. The van der Waals surface area contributed by atoms with E-state index in [0.29, 0.717) is 6.07 Å². The summed E-state index contributed by atoms with van der Waals surface area (Å²) < 4.78 is 26.7. The van der Waals surface area contributed by atoms with E-state index in [9.17, 15) is 23.5 Å². The van der Waals surface area contributed by atoms with Gasteiger partial charge >= 0.3 is 0 Å². The van der Waals surface area contributed by atoms with Crippen LogP contribution in [-0.2, 0) is 9.59 Å². The average molecular weight is 298 g/mol. The molecule has 0 spiro atoms. The maximum atomic E-state index is 13.8. The van der Waals surface area contributed by atoms with Crippen molar-refractivity contribution in [3.63, 3.8) is 0 Å². The first kappa shape index (κ1) is 15.4. The minimum absolute atomic E-state index is 0.0565. The lowest BCUT2D eigenvalue weighted by Gasteiger charge is -2.36. The molecule has 1 unspecified atom stereocenters. The fourth-order valence-corrected chi connectivity index (χ4v) is 2.23. The molecule has 2 rings (SSSR count). The first-order valence-corrected chi connectivity index (χ1v) is 6.54. The summed E-state index contributed by atoms with van der Waals surface area (Å²) in [4.78, 5) is 24.6. The van der Waals surface area contributed by atoms with Crippen molar-refractivity contribution < 1.29 is 23.5 Å². The Labute approximate surface area is 120 Å². The summed E-state index contributed by atoms with van der Waals surface area (Å²) in [6, 6.07) is 2.13. The summed E-state index contributed by atoms with van der Waals surface area (Å²) in [5.74, 6) is -2.26. The van der Waals surface area contributed by atoms with Crippen molar-refractivity contribution in [2.24, 2.45) is 0 Å². The number of β-amino-alcohol motifs (C(OH)–C–C–N with tert-alkyl or cyclic N) is 1. The van der Waals surface area contributed by atoms with Gasteiger partial charge in [-0.15, -0.1) is 0 Å². The molecule has 0 aromatic heterocycles. The molecule has 1 fully saturated rings. The van der Waals surface area contributed by atoms with Crippen LogP contribution in [0.1, 0.15) is 24.9 Å². The zero-order chi connectivity index (χ0) is 15.6. The smallest absolute Gasteiger partial charge is 0.225 e. The SMILES string of the molecule is CC(=O)NC(CC(=O)N1CC(O)C1)c1ccc(F)cc1F. The van der Waals surface area contributed by atoms with Crippen LogP contribution < -0.4 is 5.32 Å². The van der Waals surface area contributed by atoms with Crippen LogP contribution in [0.5, 0.6) is 0 Å². The fraction of sp³-hybridized carbons (Fsp3) is 0.429. The number of halogens is 2. The predicted octanol–water partition coefficient (Wildman–Crippen LogP) is 0.735. The van der Waals surface area contributed by atoms with Gasteiger partial charge < -0.3 is 15.3 Å². The Morgan fingerprint density at radius 1 is 1.43 bits per heavy atom. The van der Waals surface area contributed by atoms with E-state index in [1.807, 2.05) is 0 Å². The molecule has 0 bridgehead atoms. The number of aliphatic hydroxyl groups excluding tert-OH is 1. The van der Waals surface area contributed by atoms with Gasteiger partial charge in [0.25, 0.3) is 0 Å². The molecule has 5 nitrogen and oxygen atoms in total. The fourth-order valence-electron chi connectivity index (χ4n) is 2.23. The van der Waals surface area contributed by atoms with Crippen LogP contribution in [-0.4, -0.2) is 41.0 Å². The van der Waals surface area contributed by atoms with E-state index in [-0.39, 0.29) is 31.0 Å². The number of aliphatic hydroxyl groups is 1. The Morgan fingerprint density at radius 3 is 2.62 bits per heavy atom. The summed E-state index contributed by atoms with van der Waals surface area (Å²) >= 11 is 0. The zero-order valence-corrected chi connectivity index (χ0v) is 11.5. The van der Waals surface area contributed by atoms with Crippen LogP contribution in [0.25, 0.3) is 0 Å². The van der Waals surface area contributed by atoms with E-state index < -0.39 is 29.7 Å². The molecule has 1 saturated heterocycles. The number of nitrogens with one attached hydrogen (secondary N) is 1. The average Bonchev–Trinajstić information content (AvgIpc) is 2.33. The Morgan fingerprint density at radius 2 is 2.10 bits per heavy atom. The van der Waals surface area contributed by atoms with Crippen molar-refractivity contribution in [2.75, 3.05) is 13.1 Å². The van der Waals surface area contributed by atoms with Crippen molar-refractivity contribution in [3.8, 4) is 0 Å². The Balaban J connectivity index is 2.14. The Kier molecular flexibility index (Phi) is 4.52. The number of amides is 2. The summed E-state index contributed by atoms with van der Waals surface area (Å²) in [5.41, 5.74) is 0.0565. The number of rotatable bonds is 4. The van der Waals surface area contributed by atoms with Gasteiger partial charge in [0, 0.05) is 31.6 Å². The normalized spacial score (nSPS) is 16.3. The van der Waals surface area contributed by atoms with Crippen LogP contribution in [0.15, 0.2) is 18.2 Å². The van der Waals surface area contributed by atoms with Crippen molar-refractivity contribution in [3.05, 3.63) is 35.4 Å².